The summed E-state index contributed by atoms with van der Waals surface area (Å²) in [6.45, 7) is 3.11. The van der Waals surface area contributed by atoms with Gasteiger partial charge in [0.15, 0.2) is 11.6 Å². The number of fused-ring (bicyclic) bond motifs is 1. The van der Waals surface area contributed by atoms with E-state index in [0.717, 1.165) is 32.4 Å². The molecule has 0 bridgehead atoms. The number of nitrogens with one attached hydrogen (secondary N) is 1. The maximum Gasteiger partial charge on any atom is 0.222 e. The average Bonchev–Trinajstić information content (AvgIpc) is 3.58. The number of halogens is 1. The minimum atomic E-state index is -0.471. The maximum atomic E-state index is 15.1. The van der Waals surface area contributed by atoms with Crippen molar-refractivity contribution in [1.29, 1.82) is 0 Å². The van der Waals surface area contributed by atoms with Crippen LogP contribution in [-0.4, -0.2) is 61.2 Å². The van der Waals surface area contributed by atoms with Crippen molar-refractivity contribution < 1.29 is 18.8 Å². The molecule has 1 saturated heterocycles. The van der Waals surface area contributed by atoms with Gasteiger partial charge in [-0.1, -0.05) is 6.07 Å². The fraction of sp³-hybridized carbons (Fsp3) is 0.367. The van der Waals surface area contributed by atoms with Crippen molar-refractivity contribution in [3.8, 4) is 0 Å². The molecule has 1 N–H and O–H groups in total. The molecule has 204 valence electrons. The van der Waals surface area contributed by atoms with Gasteiger partial charge in [0.1, 0.15) is 17.2 Å². The van der Waals surface area contributed by atoms with Gasteiger partial charge < -0.3 is 10.2 Å². The van der Waals surface area contributed by atoms with Crippen LogP contribution in [0.4, 0.5) is 4.39 Å². The van der Waals surface area contributed by atoms with Crippen LogP contribution in [0, 0.1) is 11.7 Å². The van der Waals surface area contributed by atoms with Gasteiger partial charge >= 0.3 is 0 Å². The maximum absolute atomic E-state index is 15.1. The Morgan fingerprint density at radius 2 is 1.90 bits per heavy atom. The molecule has 1 aliphatic carbocycles. The van der Waals surface area contributed by atoms with Gasteiger partial charge in [-0.3, -0.25) is 23.5 Å². The highest BCUT2D eigenvalue weighted by Crippen LogP contribution is 2.39. The third-order valence-electron chi connectivity index (χ3n) is 8.45. The number of aromatic nitrogens is 4. The Morgan fingerprint density at radius 3 is 2.75 bits per heavy atom. The first kappa shape index (κ1) is 24.8. The Balaban J connectivity index is 1.27. The molecule has 3 aliphatic rings. The Labute approximate surface area is 229 Å². The lowest BCUT2D eigenvalue weighted by Gasteiger charge is -2.25. The van der Waals surface area contributed by atoms with Crippen molar-refractivity contribution in [2.75, 3.05) is 19.6 Å². The lowest BCUT2D eigenvalue weighted by Crippen LogP contribution is -2.33. The number of amides is 1. The standard InChI is InChI=1S/C30H29FN6O3/c31-20-13-19-17-35(26(40)5-4-18-6-8-32-9-7-18)11-12-37-30(19)21(14-20)29(34-37)28-24(39)15-23(38)27(28)22-16-33-25-3-1-2-10-36(22)25/h1-3,10,13-14,16,18,32H,4-9,11-12,15,17H2. The number of hydrogen-bond acceptors (Lipinski definition) is 6. The van der Waals surface area contributed by atoms with Crippen molar-refractivity contribution in [3.05, 3.63) is 65.5 Å². The molecule has 9 nitrogen and oxygen atoms in total. The summed E-state index contributed by atoms with van der Waals surface area (Å²) in [7, 11) is 0. The summed E-state index contributed by atoms with van der Waals surface area (Å²) in [4.78, 5) is 45.8. The van der Waals surface area contributed by atoms with Gasteiger partial charge in [0.2, 0.25) is 5.91 Å². The van der Waals surface area contributed by atoms with E-state index < -0.39 is 5.82 Å². The van der Waals surface area contributed by atoms with Crippen LogP contribution in [-0.2, 0) is 27.5 Å². The molecule has 2 aliphatic heterocycles. The molecule has 1 amide bonds. The summed E-state index contributed by atoms with van der Waals surface area (Å²) < 4.78 is 18.6. The molecule has 7 rings (SSSR count). The molecule has 0 radical (unpaired) electrons. The van der Waals surface area contributed by atoms with Crippen LogP contribution in [0.5, 0.6) is 0 Å². The number of piperidine rings is 1. The van der Waals surface area contributed by atoms with Gasteiger partial charge in [0, 0.05) is 36.7 Å². The molecule has 1 fully saturated rings. The Hall–Kier alpha value is -4.18. The van der Waals surface area contributed by atoms with Gasteiger partial charge in [-0.25, -0.2) is 9.37 Å². The first-order valence-electron chi connectivity index (χ1n) is 13.9. The zero-order chi connectivity index (χ0) is 27.4. The number of nitrogens with zero attached hydrogens (tertiary/aromatic N) is 5. The molecule has 10 heteroatoms. The summed E-state index contributed by atoms with van der Waals surface area (Å²) in [5.41, 5.74) is 3.27. The van der Waals surface area contributed by atoms with Gasteiger partial charge in [-0.15, -0.1) is 0 Å². The summed E-state index contributed by atoms with van der Waals surface area (Å²) in [6.07, 6.45) is 6.63. The third-order valence-corrected chi connectivity index (χ3v) is 8.45. The third kappa shape index (κ3) is 4.14. The molecule has 3 aromatic heterocycles. The Bertz CT molecular complexity index is 1730. The fourth-order valence-corrected chi connectivity index (χ4v) is 6.44. The number of allylic oxidation sites excluding steroid dienone is 2. The second-order valence-corrected chi connectivity index (χ2v) is 10.9. The molecule has 40 heavy (non-hydrogen) atoms. The van der Waals surface area contributed by atoms with Crippen molar-refractivity contribution in [2.45, 2.75) is 45.2 Å². The van der Waals surface area contributed by atoms with Crippen LogP contribution in [0.1, 0.15) is 49.1 Å². The van der Waals surface area contributed by atoms with Crippen LogP contribution in [0.3, 0.4) is 0 Å². The summed E-state index contributed by atoms with van der Waals surface area (Å²) in [5, 5.41) is 8.62. The minimum absolute atomic E-state index is 0.0658. The average molecular weight is 541 g/mol. The first-order chi connectivity index (χ1) is 19.5. The van der Waals surface area contributed by atoms with Gasteiger partial charge in [-0.05, 0) is 62.5 Å². The Morgan fingerprint density at radius 1 is 1.07 bits per heavy atom. The highest BCUT2D eigenvalue weighted by Gasteiger charge is 2.37. The van der Waals surface area contributed by atoms with E-state index >= 15 is 4.39 Å². The van der Waals surface area contributed by atoms with E-state index in [-0.39, 0.29) is 41.6 Å². The lowest BCUT2D eigenvalue weighted by molar-refractivity contribution is -0.132. The normalized spacial score (nSPS) is 18.4. The largest absolute Gasteiger partial charge is 0.336 e. The van der Waals surface area contributed by atoms with Crippen LogP contribution in [0.2, 0.25) is 0 Å². The summed E-state index contributed by atoms with van der Waals surface area (Å²) in [6, 6.07) is 8.33. The van der Waals surface area contributed by atoms with Crippen LogP contribution >= 0.6 is 0 Å². The highest BCUT2D eigenvalue weighted by atomic mass is 19.1. The fourth-order valence-electron chi connectivity index (χ4n) is 6.44. The van der Waals surface area contributed by atoms with Crippen molar-refractivity contribution in [1.82, 2.24) is 29.4 Å². The smallest absolute Gasteiger partial charge is 0.222 e. The van der Waals surface area contributed by atoms with E-state index in [4.69, 9.17) is 5.10 Å². The second-order valence-electron chi connectivity index (χ2n) is 10.9. The quantitative estimate of drug-likeness (QED) is 0.390. The molecule has 0 saturated carbocycles. The van der Waals surface area contributed by atoms with E-state index in [2.05, 4.69) is 10.3 Å². The van der Waals surface area contributed by atoms with E-state index in [1.54, 1.807) is 26.4 Å². The number of rotatable bonds is 5. The number of ketones is 2. The minimum Gasteiger partial charge on any atom is -0.336 e. The second kappa shape index (κ2) is 9.78. The first-order valence-corrected chi connectivity index (χ1v) is 13.9. The zero-order valence-electron chi connectivity index (χ0n) is 22.0. The zero-order valence-corrected chi connectivity index (χ0v) is 22.0. The molecule has 0 atom stereocenters. The van der Waals surface area contributed by atoms with Crippen molar-refractivity contribution >= 4 is 45.2 Å². The van der Waals surface area contributed by atoms with Gasteiger partial charge in [-0.2, -0.15) is 5.10 Å². The topological polar surface area (TPSA) is 102 Å². The molecule has 1 aromatic carbocycles. The van der Waals surface area contributed by atoms with Crippen molar-refractivity contribution in [2.24, 2.45) is 5.92 Å². The van der Waals surface area contributed by atoms with E-state index in [1.807, 2.05) is 18.2 Å². The number of hydrogen-bond donors (Lipinski definition) is 1. The monoisotopic (exact) mass is 540 g/mol. The molecular formula is C30H29FN6O3. The van der Waals surface area contributed by atoms with E-state index in [0.29, 0.717) is 58.9 Å². The summed E-state index contributed by atoms with van der Waals surface area (Å²) in [5.74, 6) is -0.493. The molecule has 5 heterocycles. The number of imidazole rings is 1. The Kier molecular flexibility index (Phi) is 6.07. The predicted molar refractivity (Wildman–Crippen MR) is 147 cm³/mol. The van der Waals surface area contributed by atoms with Crippen LogP contribution in [0.25, 0.3) is 27.7 Å². The number of pyridine rings is 1. The lowest BCUT2D eigenvalue weighted by atomic mass is 9.93. The number of benzene rings is 1. The SMILES string of the molecule is O=C1CC(=O)C(c2cnc3ccccn23)=C1c1nn2c3c(cc(F)cc13)CN(C(=O)CCC1CCNCC1)CC2. The number of carbonyl (C=O) groups is 3. The number of Topliss-reactive ketones (excluding diaryl/α,β-unsaturated/α-hetero) is 2. The predicted octanol–water partition coefficient (Wildman–Crippen LogP) is 3.40. The molecular weight excluding hydrogens is 511 g/mol. The van der Waals surface area contributed by atoms with Crippen molar-refractivity contribution in [3.63, 3.8) is 0 Å². The van der Waals surface area contributed by atoms with Gasteiger partial charge in [0.25, 0.3) is 0 Å². The number of carbonyl (C=O) groups excluding carboxylic acids is 3. The van der Waals surface area contributed by atoms with E-state index in [1.165, 1.54) is 12.1 Å². The molecule has 4 aromatic rings. The molecule has 0 spiro atoms. The van der Waals surface area contributed by atoms with Crippen LogP contribution < -0.4 is 5.32 Å². The highest BCUT2D eigenvalue weighted by molar-refractivity contribution is 6.51. The summed E-state index contributed by atoms with van der Waals surface area (Å²) >= 11 is 0. The van der Waals surface area contributed by atoms with Gasteiger partial charge in [0.05, 0.1) is 41.5 Å². The van der Waals surface area contributed by atoms with E-state index in [9.17, 15) is 14.4 Å². The molecule has 0 unspecified atom stereocenters. The van der Waals surface area contributed by atoms with Crippen LogP contribution in [0.15, 0.2) is 42.7 Å².